The van der Waals surface area contributed by atoms with E-state index in [1.54, 1.807) is 36.5 Å². The van der Waals surface area contributed by atoms with Crippen LogP contribution >= 0.6 is 0 Å². The Kier molecular flexibility index (Phi) is 5.37. The Morgan fingerprint density at radius 2 is 1.83 bits per heavy atom. The van der Waals surface area contributed by atoms with Gasteiger partial charge in [0.1, 0.15) is 8.07 Å². The lowest BCUT2D eigenvalue weighted by atomic mass is 10.2. The standard InChI is InChI=1S/C18H20N2O2SSi/c1-23(22,17-8-6-5-7-9-17)20-18(21)16-12-15(13-19-14-16)10-11-24(2,3)4/h5-9,12-14H,1-4H3. The third-order valence-corrected chi connectivity index (χ3v) is 5.54. The number of hydrogen-bond acceptors (Lipinski definition) is 3. The first-order valence-electron chi connectivity index (χ1n) is 7.47. The van der Waals surface area contributed by atoms with E-state index >= 15 is 0 Å². The van der Waals surface area contributed by atoms with Gasteiger partial charge < -0.3 is 0 Å². The number of carbonyl (C=O) groups is 1. The molecule has 1 aromatic carbocycles. The molecule has 124 valence electrons. The summed E-state index contributed by atoms with van der Waals surface area (Å²) >= 11 is 0. The predicted molar refractivity (Wildman–Crippen MR) is 100.0 cm³/mol. The van der Waals surface area contributed by atoms with Crippen LogP contribution < -0.4 is 0 Å². The van der Waals surface area contributed by atoms with Gasteiger partial charge in [0.2, 0.25) is 0 Å². The van der Waals surface area contributed by atoms with Gasteiger partial charge in [-0.1, -0.05) is 43.8 Å². The smallest absolute Gasteiger partial charge is 0.266 e. The molecule has 1 atom stereocenters. The number of pyridine rings is 1. The summed E-state index contributed by atoms with van der Waals surface area (Å²) in [6, 6.07) is 10.4. The Hall–Kier alpha value is -2.23. The third kappa shape index (κ3) is 5.15. The number of carbonyl (C=O) groups excluding carboxylic acids is 1. The maximum Gasteiger partial charge on any atom is 0.286 e. The zero-order valence-corrected chi connectivity index (χ0v) is 16.1. The number of amides is 1. The van der Waals surface area contributed by atoms with Crippen molar-refractivity contribution < 1.29 is 9.00 Å². The fourth-order valence-corrected chi connectivity index (χ4v) is 3.53. The summed E-state index contributed by atoms with van der Waals surface area (Å²) in [4.78, 5) is 16.9. The van der Waals surface area contributed by atoms with Crippen LogP contribution in [0.5, 0.6) is 0 Å². The summed E-state index contributed by atoms with van der Waals surface area (Å²) in [5.41, 5.74) is 4.19. The minimum Gasteiger partial charge on any atom is -0.266 e. The van der Waals surface area contributed by atoms with Crippen molar-refractivity contribution >= 4 is 23.7 Å². The number of hydrogen-bond donors (Lipinski definition) is 0. The van der Waals surface area contributed by atoms with E-state index in [4.69, 9.17) is 0 Å². The number of rotatable bonds is 2. The van der Waals surface area contributed by atoms with E-state index in [-0.39, 0.29) is 0 Å². The van der Waals surface area contributed by atoms with Crippen molar-refractivity contribution in [3.63, 3.8) is 0 Å². The second kappa shape index (κ2) is 7.12. The van der Waals surface area contributed by atoms with Gasteiger partial charge >= 0.3 is 0 Å². The first kappa shape index (κ1) is 18.1. The Morgan fingerprint density at radius 1 is 1.17 bits per heavy atom. The highest BCUT2D eigenvalue weighted by Gasteiger charge is 2.12. The molecule has 1 aromatic heterocycles. The van der Waals surface area contributed by atoms with Gasteiger partial charge in [0, 0.05) is 29.1 Å². The quantitative estimate of drug-likeness (QED) is 0.610. The molecule has 0 aliphatic carbocycles. The highest BCUT2D eigenvalue weighted by molar-refractivity contribution is 7.93. The van der Waals surface area contributed by atoms with Crippen molar-refractivity contribution in [2.45, 2.75) is 24.5 Å². The van der Waals surface area contributed by atoms with E-state index in [2.05, 4.69) is 40.5 Å². The molecule has 0 saturated heterocycles. The summed E-state index contributed by atoms with van der Waals surface area (Å²) in [5, 5.41) is 0. The van der Waals surface area contributed by atoms with E-state index in [0.29, 0.717) is 16.0 Å². The molecule has 0 N–H and O–H groups in total. The van der Waals surface area contributed by atoms with Gasteiger partial charge in [0.25, 0.3) is 5.91 Å². The molecule has 1 heterocycles. The van der Waals surface area contributed by atoms with Crippen LogP contribution in [0.25, 0.3) is 0 Å². The molecule has 1 unspecified atom stereocenters. The normalized spacial score (nSPS) is 13.3. The molecule has 2 aromatic rings. The Morgan fingerprint density at radius 3 is 2.46 bits per heavy atom. The SMILES string of the molecule is C[Si](C)(C)C#Cc1cncc(C(=O)N=S(C)(=O)c2ccccc2)c1. The summed E-state index contributed by atoms with van der Waals surface area (Å²) in [7, 11) is -4.30. The lowest BCUT2D eigenvalue weighted by molar-refractivity contribution is 0.100. The predicted octanol–water partition coefficient (Wildman–Crippen LogP) is 3.61. The van der Waals surface area contributed by atoms with Gasteiger partial charge in [-0.25, -0.2) is 4.21 Å². The minimum atomic E-state index is -2.79. The molecule has 24 heavy (non-hydrogen) atoms. The van der Waals surface area contributed by atoms with Gasteiger partial charge in [-0.3, -0.25) is 9.78 Å². The van der Waals surface area contributed by atoms with Crippen LogP contribution in [0.1, 0.15) is 15.9 Å². The summed E-state index contributed by atoms with van der Waals surface area (Å²) in [6.45, 7) is 6.43. The Balaban J connectivity index is 2.35. The summed E-state index contributed by atoms with van der Waals surface area (Å²) in [6.07, 6.45) is 4.50. The van der Waals surface area contributed by atoms with Crippen LogP contribution in [-0.4, -0.2) is 29.4 Å². The molecule has 0 aliphatic rings. The van der Waals surface area contributed by atoms with Gasteiger partial charge in [0.15, 0.2) is 0 Å². The monoisotopic (exact) mass is 356 g/mol. The van der Waals surface area contributed by atoms with Gasteiger partial charge in [-0.05, 0) is 18.2 Å². The molecule has 0 saturated carbocycles. The molecule has 4 nitrogen and oxygen atoms in total. The maximum absolute atomic E-state index is 12.7. The van der Waals surface area contributed by atoms with Crippen LogP contribution in [0.3, 0.4) is 0 Å². The maximum atomic E-state index is 12.7. The highest BCUT2D eigenvalue weighted by atomic mass is 32.2. The van der Waals surface area contributed by atoms with Crippen LogP contribution in [-0.2, 0) is 9.73 Å². The summed E-state index contributed by atoms with van der Waals surface area (Å²) < 4.78 is 16.6. The lowest BCUT2D eigenvalue weighted by Gasteiger charge is -2.04. The van der Waals surface area contributed by atoms with Crippen molar-refractivity contribution in [3.05, 3.63) is 59.9 Å². The Labute approximate surface area is 144 Å². The lowest BCUT2D eigenvalue weighted by Crippen LogP contribution is -2.16. The van der Waals surface area contributed by atoms with Crippen molar-refractivity contribution in [2.75, 3.05) is 6.26 Å². The van der Waals surface area contributed by atoms with Gasteiger partial charge in [-0.2, -0.15) is 4.36 Å². The van der Waals surface area contributed by atoms with Crippen molar-refractivity contribution in [2.24, 2.45) is 4.36 Å². The average Bonchev–Trinajstić information content (AvgIpc) is 2.53. The van der Waals surface area contributed by atoms with Crippen molar-refractivity contribution in [3.8, 4) is 11.5 Å². The molecule has 6 heteroatoms. The van der Waals surface area contributed by atoms with Crippen LogP contribution in [0.4, 0.5) is 0 Å². The third-order valence-electron chi connectivity index (χ3n) is 3.00. The van der Waals surface area contributed by atoms with Crippen molar-refractivity contribution in [1.82, 2.24) is 4.98 Å². The molecule has 0 aliphatic heterocycles. The minimum absolute atomic E-state index is 0.294. The van der Waals surface area contributed by atoms with E-state index in [0.717, 1.165) is 0 Å². The zero-order chi connectivity index (χ0) is 17.8. The second-order valence-corrected chi connectivity index (χ2v) is 13.5. The fourth-order valence-electron chi connectivity index (χ4n) is 1.82. The first-order valence-corrected chi connectivity index (χ1v) is 12.9. The van der Waals surface area contributed by atoms with E-state index < -0.39 is 23.7 Å². The van der Waals surface area contributed by atoms with E-state index in [1.165, 1.54) is 12.5 Å². The van der Waals surface area contributed by atoms with E-state index in [1.807, 2.05) is 6.07 Å². The average molecular weight is 357 g/mol. The first-order chi connectivity index (χ1) is 11.2. The number of nitrogens with zero attached hydrogens (tertiary/aromatic N) is 2. The molecule has 0 bridgehead atoms. The molecular weight excluding hydrogens is 336 g/mol. The molecule has 2 rings (SSSR count). The van der Waals surface area contributed by atoms with Crippen molar-refractivity contribution in [1.29, 1.82) is 0 Å². The number of benzene rings is 1. The molecule has 0 fully saturated rings. The van der Waals surface area contributed by atoms with E-state index in [9.17, 15) is 9.00 Å². The Bertz CT molecular complexity index is 929. The fraction of sp³-hybridized carbons (Fsp3) is 0.222. The van der Waals surface area contributed by atoms with Crippen LogP contribution in [0, 0.1) is 11.5 Å². The molecule has 0 spiro atoms. The van der Waals surface area contributed by atoms with Crippen LogP contribution in [0.15, 0.2) is 58.1 Å². The topological polar surface area (TPSA) is 59.4 Å². The largest absolute Gasteiger partial charge is 0.286 e. The van der Waals surface area contributed by atoms with Gasteiger partial charge in [0.05, 0.1) is 15.3 Å². The second-order valence-electron chi connectivity index (χ2n) is 6.47. The molecule has 1 amide bonds. The van der Waals surface area contributed by atoms with Gasteiger partial charge in [-0.15, -0.1) is 5.54 Å². The number of aromatic nitrogens is 1. The molecular formula is C18H20N2O2SSi. The molecule has 0 radical (unpaired) electrons. The zero-order valence-electron chi connectivity index (χ0n) is 14.2. The highest BCUT2D eigenvalue weighted by Crippen LogP contribution is 2.13. The van der Waals surface area contributed by atoms with Crippen LogP contribution in [0.2, 0.25) is 19.6 Å². The summed E-state index contributed by atoms with van der Waals surface area (Å²) in [5.74, 6) is 2.51.